The quantitative estimate of drug-likeness (QED) is 0.774. The van der Waals surface area contributed by atoms with Gasteiger partial charge in [-0.05, 0) is 42.0 Å². The summed E-state index contributed by atoms with van der Waals surface area (Å²) in [6.07, 6.45) is 4.90. The lowest BCUT2D eigenvalue weighted by Gasteiger charge is -2.66. The summed E-state index contributed by atoms with van der Waals surface area (Å²) in [4.78, 5) is 14.5. The molecule has 3 aliphatic rings. The zero-order valence-electron chi connectivity index (χ0n) is 15.0. The molecule has 4 atom stereocenters. The second-order valence-electron chi connectivity index (χ2n) is 7.69. The third-order valence-corrected chi connectivity index (χ3v) is 6.88. The fraction of sp³-hybridized carbons (Fsp3) is 0.600. The van der Waals surface area contributed by atoms with Crippen LogP contribution in [0.15, 0.2) is 18.2 Å². The van der Waals surface area contributed by atoms with Gasteiger partial charge in [0.05, 0.1) is 13.2 Å². The maximum atomic E-state index is 12.6. The summed E-state index contributed by atoms with van der Waals surface area (Å²) in [5.41, 5.74) is 1.49. The molecule has 2 aliphatic carbocycles. The van der Waals surface area contributed by atoms with Gasteiger partial charge in [0.2, 0.25) is 0 Å². The fourth-order valence-corrected chi connectivity index (χ4v) is 6.01. The van der Waals surface area contributed by atoms with E-state index in [0.29, 0.717) is 25.2 Å². The van der Waals surface area contributed by atoms with Gasteiger partial charge in [-0.3, -0.25) is 4.79 Å². The van der Waals surface area contributed by atoms with Crippen LogP contribution in [-0.2, 0) is 21.4 Å². The van der Waals surface area contributed by atoms with Crippen molar-refractivity contribution in [2.45, 2.75) is 49.7 Å². The van der Waals surface area contributed by atoms with Crippen LogP contribution in [-0.4, -0.2) is 43.1 Å². The predicted octanol–water partition coefficient (Wildman–Crippen LogP) is 2.43. The van der Waals surface area contributed by atoms with Crippen LogP contribution in [0.4, 0.5) is 0 Å². The van der Waals surface area contributed by atoms with E-state index in [4.69, 9.17) is 9.47 Å². The molecule has 1 aromatic rings. The van der Waals surface area contributed by atoms with Crippen LogP contribution < -0.4 is 4.74 Å². The van der Waals surface area contributed by atoms with Gasteiger partial charge in [-0.2, -0.15) is 5.26 Å². The summed E-state index contributed by atoms with van der Waals surface area (Å²) in [6, 6.07) is 6.12. The number of ether oxygens (including phenoxy) is 2. The van der Waals surface area contributed by atoms with E-state index in [1.54, 1.807) is 14.2 Å². The molecule has 25 heavy (non-hydrogen) atoms. The Balaban J connectivity index is 2.01. The molecule has 2 fully saturated rings. The molecule has 0 amide bonds. The monoisotopic (exact) mass is 340 g/mol. The zero-order chi connectivity index (χ0) is 17.8. The molecule has 1 aliphatic heterocycles. The predicted molar refractivity (Wildman–Crippen MR) is 92.2 cm³/mol. The molecule has 0 spiro atoms. The van der Waals surface area contributed by atoms with Gasteiger partial charge < -0.3 is 14.4 Å². The molecule has 5 nitrogen and oxygen atoms in total. The Labute approximate surface area is 148 Å². The Morgan fingerprint density at radius 3 is 2.80 bits per heavy atom. The highest BCUT2D eigenvalue weighted by Crippen LogP contribution is 2.61. The minimum absolute atomic E-state index is 0.0276. The number of carbonyl (C=O) groups is 1. The van der Waals surface area contributed by atoms with Crippen molar-refractivity contribution >= 4 is 5.78 Å². The average Bonchev–Trinajstić information content (AvgIpc) is 2.61. The Morgan fingerprint density at radius 1 is 1.32 bits per heavy atom. The summed E-state index contributed by atoms with van der Waals surface area (Å²) in [7, 11) is 3.42. The lowest BCUT2D eigenvalue weighted by molar-refractivity contribution is -0.201. The Hall–Kier alpha value is -2.06. The van der Waals surface area contributed by atoms with Crippen LogP contribution in [0.1, 0.15) is 37.3 Å². The Kier molecular flexibility index (Phi) is 3.59. The molecule has 0 unspecified atom stereocenters. The zero-order valence-corrected chi connectivity index (χ0v) is 15.0. The number of rotatable bonds is 2. The van der Waals surface area contributed by atoms with Crippen LogP contribution in [0.25, 0.3) is 0 Å². The molecular formula is C20H24N2O3. The first kappa shape index (κ1) is 16.4. The molecule has 2 bridgehead atoms. The minimum Gasteiger partial charge on any atom is -0.497 e. The van der Waals surface area contributed by atoms with Crippen molar-refractivity contribution in [2.75, 3.05) is 20.8 Å². The van der Waals surface area contributed by atoms with Crippen LogP contribution in [0.2, 0.25) is 0 Å². The number of ketones is 1. The normalized spacial score (nSPS) is 36.2. The number of nitriles is 1. The van der Waals surface area contributed by atoms with Crippen molar-refractivity contribution in [2.24, 2.45) is 5.92 Å². The van der Waals surface area contributed by atoms with Gasteiger partial charge in [-0.1, -0.05) is 13.0 Å². The number of benzene rings is 1. The number of hydrogen-bond donors (Lipinski definition) is 0. The topological polar surface area (TPSA) is 62.6 Å². The van der Waals surface area contributed by atoms with Crippen molar-refractivity contribution in [3.63, 3.8) is 0 Å². The van der Waals surface area contributed by atoms with Gasteiger partial charge >= 0.3 is 0 Å². The Bertz CT molecular complexity index is 771. The van der Waals surface area contributed by atoms with Gasteiger partial charge in [0.25, 0.3) is 0 Å². The number of hydrogen-bond acceptors (Lipinski definition) is 5. The van der Waals surface area contributed by atoms with Crippen LogP contribution in [0.3, 0.4) is 0 Å². The summed E-state index contributed by atoms with van der Waals surface area (Å²) in [5, 5.41) is 9.70. The molecule has 1 saturated carbocycles. The van der Waals surface area contributed by atoms with E-state index < -0.39 is 5.60 Å². The van der Waals surface area contributed by atoms with Crippen molar-refractivity contribution in [3.8, 4) is 11.9 Å². The highest BCUT2D eigenvalue weighted by atomic mass is 16.5. The van der Waals surface area contributed by atoms with Gasteiger partial charge in [-0.15, -0.1) is 0 Å². The third-order valence-electron chi connectivity index (χ3n) is 6.88. The maximum Gasteiger partial charge on any atom is 0.179 e. The highest BCUT2D eigenvalue weighted by molar-refractivity contribution is 5.83. The summed E-state index contributed by atoms with van der Waals surface area (Å²) < 4.78 is 11.7. The van der Waals surface area contributed by atoms with E-state index in [1.165, 1.54) is 11.1 Å². The smallest absolute Gasteiger partial charge is 0.179 e. The first-order valence-corrected chi connectivity index (χ1v) is 8.93. The minimum atomic E-state index is -0.520. The largest absolute Gasteiger partial charge is 0.497 e. The summed E-state index contributed by atoms with van der Waals surface area (Å²) in [5.74, 6) is 1.17. The molecule has 5 heteroatoms. The van der Waals surface area contributed by atoms with Crippen LogP contribution in [0, 0.1) is 17.4 Å². The SMILES string of the molecule is COc1ccc2c(c1)[C@]13CCN(C#N)[C@H](C2)[C@]1(OC)[C@H](C)CC(=O)C3. The Morgan fingerprint density at radius 2 is 2.12 bits per heavy atom. The molecule has 132 valence electrons. The van der Waals surface area contributed by atoms with Crippen molar-refractivity contribution in [1.82, 2.24) is 4.90 Å². The van der Waals surface area contributed by atoms with Gasteiger partial charge in [0.15, 0.2) is 6.19 Å². The van der Waals surface area contributed by atoms with Gasteiger partial charge in [0, 0.05) is 31.9 Å². The standard InChI is InChI=1S/C20H24N2O3/c1-13-8-15(23)11-19-6-7-22(12-21)18(20(13,19)25-3)9-14-4-5-16(24-2)10-17(14)19/h4-5,10,13,18H,6-9,11H2,1-3H3/t13-,18-,19-,20-/m1/s1. The number of nitrogens with zero attached hydrogens (tertiary/aromatic N) is 2. The molecule has 0 aromatic heterocycles. The number of methoxy groups -OCH3 is 2. The van der Waals surface area contributed by atoms with E-state index in [9.17, 15) is 10.1 Å². The number of likely N-dealkylation sites (tertiary alicyclic amines) is 1. The van der Waals surface area contributed by atoms with E-state index in [-0.39, 0.29) is 17.4 Å². The molecular weight excluding hydrogens is 316 g/mol. The summed E-state index contributed by atoms with van der Waals surface area (Å²) in [6.45, 7) is 2.78. The van der Waals surface area contributed by atoms with Gasteiger partial charge in [0.1, 0.15) is 17.1 Å². The molecule has 0 N–H and O–H groups in total. The van der Waals surface area contributed by atoms with Crippen LogP contribution in [0.5, 0.6) is 5.75 Å². The first-order valence-electron chi connectivity index (χ1n) is 8.93. The third kappa shape index (κ3) is 1.89. The van der Waals surface area contributed by atoms with Gasteiger partial charge in [-0.25, -0.2) is 0 Å². The fourth-order valence-electron chi connectivity index (χ4n) is 6.01. The molecule has 0 radical (unpaired) electrons. The molecule has 1 saturated heterocycles. The maximum absolute atomic E-state index is 12.6. The average molecular weight is 340 g/mol. The number of carbonyl (C=O) groups excluding carboxylic acids is 1. The molecule has 4 rings (SSSR count). The lowest BCUT2D eigenvalue weighted by Crippen LogP contribution is -2.75. The first-order chi connectivity index (χ1) is 12.0. The number of piperidine rings is 1. The van der Waals surface area contributed by atoms with E-state index in [1.807, 2.05) is 11.0 Å². The van der Waals surface area contributed by atoms with Crippen molar-refractivity contribution in [1.29, 1.82) is 5.26 Å². The van der Waals surface area contributed by atoms with E-state index >= 15 is 0 Å². The molecule has 1 heterocycles. The lowest BCUT2D eigenvalue weighted by atomic mass is 9.46. The summed E-state index contributed by atoms with van der Waals surface area (Å²) >= 11 is 0. The molecule has 1 aromatic carbocycles. The van der Waals surface area contributed by atoms with E-state index in [2.05, 4.69) is 25.2 Å². The second kappa shape index (κ2) is 5.47. The van der Waals surface area contributed by atoms with Crippen molar-refractivity contribution < 1.29 is 14.3 Å². The number of fused-ring (bicyclic) bond motifs is 1. The van der Waals surface area contributed by atoms with Crippen molar-refractivity contribution in [3.05, 3.63) is 29.3 Å². The highest BCUT2D eigenvalue weighted by Gasteiger charge is 2.68. The number of Topliss-reactive ketones (excluding diaryl/α,β-unsaturated/α-hetero) is 1. The van der Waals surface area contributed by atoms with E-state index in [0.717, 1.165) is 18.6 Å². The second-order valence-corrected chi connectivity index (χ2v) is 7.69. The van der Waals surface area contributed by atoms with Crippen LogP contribution >= 0.6 is 0 Å².